The van der Waals surface area contributed by atoms with Crippen LogP contribution in [-0.2, 0) is 4.79 Å². The first-order chi connectivity index (χ1) is 9.29. The van der Waals surface area contributed by atoms with Gasteiger partial charge in [0.2, 0.25) is 0 Å². The molecule has 2 nitrogen and oxygen atoms in total. The lowest BCUT2D eigenvalue weighted by atomic mass is 10.0. The van der Waals surface area contributed by atoms with E-state index in [1.165, 1.54) is 0 Å². The number of carbonyl (C=O) groups is 1. The van der Waals surface area contributed by atoms with Gasteiger partial charge in [0.05, 0.1) is 0 Å². The van der Waals surface area contributed by atoms with Crippen molar-refractivity contribution in [1.29, 1.82) is 0 Å². The molecule has 0 heterocycles. The molecule has 0 saturated carbocycles. The summed E-state index contributed by atoms with van der Waals surface area (Å²) in [5.41, 5.74) is 2.16. The molecule has 2 rings (SSSR count). The van der Waals surface area contributed by atoms with Crippen LogP contribution in [0.25, 0.3) is 5.57 Å². The van der Waals surface area contributed by atoms with Gasteiger partial charge in [-0.3, -0.25) is 0 Å². The molecule has 94 valence electrons. The summed E-state index contributed by atoms with van der Waals surface area (Å²) in [6, 6.07) is 7.37. The number of esters is 1. The van der Waals surface area contributed by atoms with Crippen LogP contribution < -0.4 is 4.74 Å². The standard InChI is InChI=1S/C17H14O2/c1-2-17(18)19-16-12-10-15(11-13-16)14-8-6-4-3-5-7-9-14/h2-13H,1H2. The van der Waals surface area contributed by atoms with E-state index in [9.17, 15) is 4.79 Å². The average molecular weight is 250 g/mol. The van der Waals surface area contributed by atoms with Crippen molar-refractivity contribution >= 4 is 11.5 Å². The first kappa shape index (κ1) is 12.8. The van der Waals surface area contributed by atoms with Gasteiger partial charge in [0.25, 0.3) is 0 Å². The Labute approximate surface area is 112 Å². The van der Waals surface area contributed by atoms with Crippen molar-refractivity contribution in [2.24, 2.45) is 0 Å². The van der Waals surface area contributed by atoms with Crippen LogP contribution in [0.4, 0.5) is 0 Å². The summed E-state index contributed by atoms with van der Waals surface area (Å²) in [7, 11) is 0. The second kappa shape index (κ2) is 6.36. The molecule has 2 heteroatoms. The summed E-state index contributed by atoms with van der Waals surface area (Å²) in [6.07, 6.45) is 15.1. The molecule has 0 aromatic heterocycles. The van der Waals surface area contributed by atoms with Gasteiger partial charge in [0, 0.05) is 6.08 Å². The molecule has 0 fully saturated rings. The molecule has 0 N–H and O–H groups in total. The Morgan fingerprint density at radius 2 is 1.68 bits per heavy atom. The molecule has 1 aromatic rings. The summed E-state index contributed by atoms with van der Waals surface area (Å²) in [6.45, 7) is 3.36. The maximum Gasteiger partial charge on any atom is 0.335 e. The number of rotatable bonds is 3. The lowest BCUT2D eigenvalue weighted by Crippen LogP contribution is -2.02. The molecule has 0 amide bonds. The van der Waals surface area contributed by atoms with Gasteiger partial charge in [-0.2, -0.15) is 0 Å². The average Bonchev–Trinajstić information content (AvgIpc) is 2.39. The van der Waals surface area contributed by atoms with Gasteiger partial charge < -0.3 is 4.74 Å². The summed E-state index contributed by atoms with van der Waals surface area (Å²) >= 11 is 0. The van der Waals surface area contributed by atoms with Gasteiger partial charge in [-0.15, -0.1) is 0 Å². The number of carbonyl (C=O) groups excluding carboxylic acids is 1. The first-order valence-electron chi connectivity index (χ1n) is 5.96. The molecular weight excluding hydrogens is 236 g/mol. The summed E-state index contributed by atoms with van der Waals surface area (Å²) in [4.78, 5) is 11.1. The summed E-state index contributed by atoms with van der Waals surface area (Å²) in [5, 5.41) is 0. The van der Waals surface area contributed by atoms with Crippen molar-refractivity contribution in [2.45, 2.75) is 0 Å². The largest absolute Gasteiger partial charge is 0.423 e. The van der Waals surface area contributed by atoms with Crippen molar-refractivity contribution in [3.05, 3.63) is 85.0 Å². The quantitative estimate of drug-likeness (QED) is 0.463. The smallest absolute Gasteiger partial charge is 0.335 e. The fraction of sp³-hybridized carbons (Fsp3) is 0. The maximum absolute atomic E-state index is 11.1. The van der Waals surface area contributed by atoms with Crippen molar-refractivity contribution in [2.75, 3.05) is 0 Å². The zero-order valence-corrected chi connectivity index (χ0v) is 10.5. The van der Waals surface area contributed by atoms with Gasteiger partial charge in [-0.25, -0.2) is 4.79 Å². The fourth-order valence-electron chi connectivity index (χ4n) is 1.63. The first-order valence-corrected chi connectivity index (χ1v) is 5.96. The molecule has 0 atom stereocenters. The van der Waals surface area contributed by atoms with Crippen LogP contribution in [0.2, 0.25) is 0 Å². The number of benzene rings is 1. The number of hydrogen-bond acceptors (Lipinski definition) is 2. The molecule has 19 heavy (non-hydrogen) atoms. The van der Waals surface area contributed by atoms with Crippen LogP contribution in [0.15, 0.2) is 79.5 Å². The highest BCUT2D eigenvalue weighted by Crippen LogP contribution is 2.20. The van der Waals surface area contributed by atoms with E-state index in [1.54, 1.807) is 12.1 Å². The minimum atomic E-state index is -0.453. The zero-order chi connectivity index (χ0) is 13.5. The Kier molecular flexibility index (Phi) is 4.29. The second-order valence-electron chi connectivity index (χ2n) is 3.90. The van der Waals surface area contributed by atoms with Crippen molar-refractivity contribution in [1.82, 2.24) is 0 Å². The van der Waals surface area contributed by atoms with Crippen molar-refractivity contribution in [3.63, 3.8) is 0 Å². The molecule has 0 bridgehead atoms. The Hall–Kier alpha value is -2.61. The third-order valence-electron chi connectivity index (χ3n) is 2.57. The fourth-order valence-corrected chi connectivity index (χ4v) is 1.63. The van der Waals surface area contributed by atoms with Crippen molar-refractivity contribution < 1.29 is 9.53 Å². The SMILES string of the molecule is C=CC(=O)Oc1ccc(C2=CC=CC=CC=C2)cc1. The highest BCUT2D eigenvalue weighted by molar-refractivity contribution is 5.83. The number of ether oxygens (including phenoxy) is 1. The van der Waals surface area contributed by atoms with Gasteiger partial charge in [0.15, 0.2) is 0 Å². The van der Waals surface area contributed by atoms with E-state index in [0.29, 0.717) is 5.75 Å². The minimum absolute atomic E-state index is 0.453. The van der Waals surface area contributed by atoms with Gasteiger partial charge in [-0.05, 0) is 23.3 Å². The summed E-state index contributed by atoms with van der Waals surface area (Å²) in [5.74, 6) is 0.0606. The molecule has 0 aliphatic heterocycles. The Balaban J connectivity index is 2.18. The van der Waals surface area contributed by atoms with Crippen LogP contribution in [0.3, 0.4) is 0 Å². The molecule has 0 spiro atoms. The van der Waals surface area contributed by atoms with E-state index in [0.717, 1.165) is 17.2 Å². The Morgan fingerprint density at radius 3 is 2.42 bits per heavy atom. The van der Waals surface area contributed by atoms with Crippen LogP contribution >= 0.6 is 0 Å². The van der Waals surface area contributed by atoms with E-state index in [1.807, 2.05) is 54.7 Å². The van der Waals surface area contributed by atoms with E-state index in [4.69, 9.17) is 4.74 Å². The van der Waals surface area contributed by atoms with Crippen molar-refractivity contribution in [3.8, 4) is 5.75 Å². The molecule has 0 saturated heterocycles. The van der Waals surface area contributed by atoms with E-state index in [-0.39, 0.29) is 0 Å². The third kappa shape index (κ3) is 3.68. The van der Waals surface area contributed by atoms with E-state index < -0.39 is 5.97 Å². The molecular formula is C17H14O2. The Bertz CT molecular complexity index is 584. The van der Waals surface area contributed by atoms with Crippen LogP contribution in [0.1, 0.15) is 5.56 Å². The van der Waals surface area contributed by atoms with Gasteiger partial charge >= 0.3 is 5.97 Å². The maximum atomic E-state index is 11.1. The normalized spacial score (nSPS) is 13.4. The van der Waals surface area contributed by atoms with E-state index in [2.05, 4.69) is 6.58 Å². The highest BCUT2D eigenvalue weighted by atomic mass is 16.5. The molecule has 1 aliphatic rings. The molecule has 0 radical (unpaired) electrons. The minimum Gasteiger partial charge on any atom is -0.423 e. The number of hydrogen-bond donors (Lipinski definition) is 0. The lowest BCUT2D eigenvalue weighted by Gasteiger charge is -2.05. The second-order valence-corrected chi connectivity index (χ2v) is 3.90. The highest BCUT2D eigenvalue weighted by Gasteiger charge is 2.01. The monoisotopic (exact) mass is 250 g/mol. The predicted octanol–water partition coefficient (Wildman–Crippen LogP) is 3.84. The summed E-state index contributed by atoms with van der Waals surface area (Å²) < 4.78 is 5.03. The van der Waals surface area contributed by atoms with Gasteiger partial charge in [0.1, 0.15) is 5.75 Å². The lowest BCUT2D eigenvalue weighted by molar-refractivity contribution is -0.128. The number of allylic oxidation sites excluding steroid dienone is 8. The third-order valence-corrected chi connectivity index (χ3v) is 2.57. The van der Waals surface area contributed by atoms with Crippen LogP contribution in [0.5, 0.6) is 5.75 Å². The van der Waals surface area contributed by atoms with Gasteiger partial charge in [-0.1, -0.05) is 61.2 Å². The zero-order valence-electron chi connectivity index (χ0n) is 10.5. The molecule has 0 unspecified atom stereocenters. The van der Waals surface area contributed by atoms with Crippen LogP contribution in [-0.4, -0.2) is 5.97 Å². The Morgan fingerprint density at radius 1 is 1.00 bits per heavy atom. The molecule has 1 aromatic carbocycles. The predicted molar refractivity (Wildman–Crippen MR) is 77.7 cm³/mol. The van der Waals surface area contributed by atoms with E-state index >= 15 is 0 Å². The topological polar surface area (TPSA) is 26.3 Å². The molecule has 1 aliphatic carbocycles. The van der Waals surface area contributed by atoms with Crippen LogP contribution in [0, 0.1) is 0 Å².